The molecule has 0 unspecified atom stereocenters. The molecule has 1 aliphatic rings. The molecule has 1 aromatic heterocycles. The van der Waals surface area contributed by atoms with Gasteiger partial charge in [0, 0.05) is 64.6 Å². The lowest BCUT2D eigenvalue weighted by Gasteiger charge is -2.34. The minimum atomic E-state index is 0.130. The van der Waals surface area contributed by atoms with Crippen molar-refractivity contribution in [2.24, 2.45) is 0 Å². The van der Waals surface area contributed by atoms with E-state index in [4.69, 9.17) is 0 Å². The van der Waals surface area contributed by atoms with Gasteiger partial charge in [-0.3, -0.25) is 14.6 Å². The molecule has 27 heavy (non-hydrogen) atoms. The van der Waals surface area contributed by atoms with Gasteiger partial charge in [-0.15, -0.1) is 0 Å². The quantitative estimate of drug-likeness (QED) is 0.726. The van der Waals surface area contributed by atoms with Crippen LogP contribution < -0.4 is 5.32 Å². The highest BCUT2D eigenvalue weighted by Crippen LogP contribution is 2.04. The van der Waals surface area contributed by atoms with Gasteiger partial charge in [0.1, 0.15) is 5.82 Å². The summed E-state index contributed by atoms with van der Waals surface area (Å²) in [5.74, 6) is 1.28. The molecular formula is C21H31N5O. The Hall–Kier alpha value is -2.18. The fraction of sp³-hybridized carbons (Fsp3) is 0.524. The summed E-state index contributed by atoms with van der Waals surface area (Å²) in [5, 5.41) is 3.04. The Kier molecular flexibility index (Phi) is 7.42. The maximum Gasteiger partial charge on any atom is 0.234 e. The Morgan fingerprint density at radius 2 is 1.81 bits per heavy atom. The number of carbonyl (C=O) groups is 1. The third kappa shape index (κ3) is 6.19. The number of rotatable bonds is 9. The lowest BCUT2D eigenvalue weighted by molar-refractivity contribution is -0.122. The van der Waals surface area contributed by atoms with E-state index in [-0.39, 0.29) is 5.91 Å². The molecule has 0 aliphatic carbocycles. The molecule has 0 saturated carbocycles. The van der Waals surface area contributed by atoms with Crippen molar-refractivity contribution in [3.63, 3.8) is 0 Å². The molecule has 1 aliphatic heterocycles. The Morgan fingerprint density at radius 1 is 1.07 bits per heavy atom. The first-order valence-corrected chi connectivity index (χ1v) is 10.00. The molecule has 2 heterocycles. The van der Waals surface area contributed by atoms with Gasteiger partial charge in [0.25, 0.3) is 0 Å². The zero-order valence-electron chi connectivity index (χ0n) is 16.3. The van der Waals surface area contributed by atoms with E-state index in [0.29, 0.717) is 13.1 Å². The number of aromatic nitrogens is 2. The van der Waals surface area contributed by atoms with E-state index in [1.807, 2.05) is 24.4 Å². The lowest BCUT2D eigenvalue weighted by atomic mass is 10.1. The molecule has 0 spiro atoms. The highest BCUT2D eigenvalue weighted by molar-refractivity contribution is 5.78. The molecule has 6 heteroatoms. The van der Waals surface area contributed by atoms with Crippen LogP contribution in [0.5, 0.6) is 0 Å². The van der Waals surface area contributed by atoms with Crippen LogP contribution in [0.25, 0.3) is 0 Å². The standard InChI is InChI=1S/C21H31N5O/c1-2-20-22-10-11-26(20)17-16-24-12-14-25(15-13-24)18-21(27)23-9-8-19-6-4-3-5-7-19/h3-7,10-11H,2,8-9,12-18H2,1H3,(H,23,27). The number of imidazole rings is 1. The number of nitrogens with zero attached hydrogens (tertiary/aromatic N) is 4. The van der Waals surface area contributed by atoms with Gasteiger partial charge in [-0.1, -0.05) is 37.3 Å². The summed E-state index contributed by atoms with van der Waals surface area (Å²) in [6.07, 6.45) is 5.80. The summed E-state index contributed by atoms with van der Waals surface area (Å²) < 4.78 is 2.24. The second-order valence-electron chi connectivity index (χ2n) is 7.09. The molecule has 0 radical (unpaired) electrons. The number of aryl methyl sites for hydroxylation is 1. The predicted octanol–water partition coefficient (Wildman–Crippen LogP) is 1.42. The van der Waals surface area contributed by atoms with Crippen molar-refractivity contribution in [3.8, 4) is 0 Å². The van der Waals surface area contributed by atoms with Crippen molar-refractivity contribution >= 4 is 5.91 Å². The fourth-order valence-corrected chi connectivity index (χ4v) is 3.53. The first-order chi connectivity index (χ1) is 13.2. The molecule has 1 aromatic carbocycles. The molecule has 6 nitrogen and oxygen atoms in total. The monoisotopic (exact) mass is 369 g/mol. The van der Waals surface area contributed by atoms with E-state index in [1.54, 1.807) is 0 Å². The van der Waals surface area contributed by atoms with Crippen molar-refractivity contribution in [3.05, 3.63) is 54.1 Å². The van der Waals surface area contributed by atoms with Crippen LogP contribution in [0, 0.1) is 0 Å². The number of nitrogens with one attached hydrogen (secondary N) is 1. The van der Waals surface area contributed by atoms with E-state index in [2.05, 4.69) is 49.9 Å². The summed E-state index contributed by atoms with van der Waals surface area (Å²) in [5.41, 5.74) is 1.26. The van der Waals surface area contributed by atoms with Gasteiger partial charge in [0.15, 0.2) is 0 Å². The molecular weight excluding hydrogens is 338 g/mol. The molecule has 3 rings (SSSR count). The van der Waals surface area contributed by atoms with Gasteiger partial charge in [-0.25, -0.2) is 4.98 Å². The van der Waals surface area contributed by atoms with Gasteiger partial charge < -0.3 is 9.88 Å². The van der Waals surface area contributed by atoms with Crippen LogP contribution in [0.3, 0.4) is 0 Å². The summed E-state index contributed by atoms with van der Waals surface area (Å²) >= 11 is 0. The van der Waals surface area contributed by atoms with Gasteiger partial charge >= 0.3 is 0 Å². The van der Waals surface area contributed by atoms with E-state index >= 15 is 0 Å². The molecule has 1 amide bonds. The minimum absolute atomic E-state index is 0.130. The van der Waals surface area contributed by atoms with Crippen molar-refractivity contribution < 1.29 is 4.79 Å². The van der Waals surface area contributed by atoms with Gasteiger partial charge in [0.05, 0.1) is 6.54 Å². The smallest absolute Gasteiger partial charge is 0.234 e. The number of piperazine rings is 1. The third-order valence-electron chi connectivity index (χ3n) is 5.19. The highest BCUT2D eigenvalue weighted by Gasteiger charge is 2.18. The number of hydrogen-bond donors (Lipinski definition) is 1. The largest absolute Gasteiger partial charge is 0.355 e. The normalized spacial score (nSPS) is 15.7. The molecule has 0 bridgehead atoms. The lowest BCUT2D eigenvalue weighted by Crippen LogP contribution is -2.50. The molecule has 1 saturated heterocycles. The molecule has 0 atom stereocenters. The van der Waals surface area contributed by atoms with E-state index in [9.17, 15) is 4.79 Å². The van der Waals surface area contributed by atoms with Gasteiger partial charge in [-0.05, 0) is 12.0 Å². The van der Waals surface area contributed by atoms with Crippen LogP contribution in [0.15, 0.2) is 42.7 Å². The summed E-state index contributed by atoms with van der Waals surface area (Å²) in [6.45, 7) is 9.33. The van der Waals surface area contributed by atoms with Crippen LogP contribution in [0.2, 0.25) is 0 Å². The maximum absolute atomic E-state index is 12.2. The van der Waals surface area contributed by atoms with E-state index < -0.39 is 0 Å². The van der Waals surface area contributed by atoms with Crippen molar-refractivity contribution in [1.82, 2.24) is 24.7 Å². The topological polar surface area (TPSA) is 53.4 Å². The van der Waals surface area contributed by atoms with Crippen molar-refractivity contribution in [2.45, 2.75) is 26.3 Å². The van der Waals surface area contributed by atoms with Gasteiger partial charge in [0.2, 0.25) is 5.91 Å². The Balaban J connectivity index is 1.30. The molecule has 146 valence electrons. The Labute approximate surface area is 162 Å². The third-order valence-corrected chi connectivity index (χ3v) is 5.19. The van der Waals surface area contributed by atoms with E-state index in [1.165, 1.54) is 5.56 Å². The Bertz CT molecular complexity index is 692. The zero-order valence-corrected chi connectivity index (χ0v) is 16.3. The Morgan fingerprint density at radius 3 is 2.56 bits per heavy atom. The van der Waals surface area contributed by atoms with Crippen LogP contribution in [0.4, 0.5) is 0 Å². The van der Waals surface area contributed by atoms with Crippen LogP contribution in [-0.2, 0) is 24.2 Å². The van der Waals surface area contributed by atoms with Crippen LogP contribution >= 0.6 is 0 Å². The number of amides is 1. The SMILES string of the molecule is CCc1nccn1CCN1CCN(CC(=O)NCCc2ccccc2)CC1. The number of benzene rings is 1. The summed E-state index contributed by atoms with van der Waals surface area (Å²) in [6, 6.07) is 10.3. The first-order valence-electron chi connectivity index (χ1n) is 10.00. The van der Waals surface area contributed by atoms with Crippen molar-refractivity contribution in [2.75, 3.05) is 45.8 Å². The van der Waals surface area contributed by atoms with Crippen LogP contribution in [-0.4, -0.2) is 71.1 Å². The predicted molar refractivity (Wildman–Crippen MR) is 108 cm³/mol. The average molecular weight is 370 g/mol. The second kappa shape index (κ2) is 10.2. The minimum Gasteiger partial charge on any atom is -0.355 e. The summed E-state index contributed by atoms with van der Waals surface area (Å²) in [4.78, 5) is 21.3. The molecule has 2 aromatic rings. The molecule has 1 N–H and O–H groups in total. The van der Waals surface area contributed by atoms with Crippen LogP contribution in [0.1, 0.15) is 18.3 Å². The highest BCUT2D eigenvalue weighted by atomic mass is 16.2. The fourth-order valence-electron chi connectivity index (χ4n) is 3.53. The van der Waals surface area contributed by atoms with Gasteiger partial charge in [-0.2, -0.15) is 0 Å². The average Bonchev–Trinajstić information content (AvgIpc) is 3.16. The second-order valence-corrected chi connectivity index (χ2v) is 7.09. The zero-order chi connectivity index (χ0) is 18.9. The number of hydrogen-bond acceptors (Lipinski definition) is 4. The summed E-state index contributed by atoms with van der Waals surface area (Å²) in [7, 11) is 0. The first kappa shape index (κ1) is 19.6. The number of carbonyl (C=O) groups excluding carboxylic acids is 1. The molecule has 1 fully saturated rings. The maximum atomic E-state index is 12.2. The van der Waals surface area contributed by atoms with E-state index in [0.717, 1.165) is 57.9 Å². The van der Waals surface area contributed by atoms with Crippen molar-refractivity contribution in [1.29, 1.82) is 0 Å².